The van der Waals surface area contributed by atoms with E-state index >= 15 is 0 Å². The van der Waals surface area contributed by atoms with E-state index in [-0.39, 0.29) is 18.3 Å². The highest BCUT2D eigenvalue weighted by Crippen LogP contribution is 2.09. The molecule has 1 aromatic rings. The number of nitrogens with zero attached hydrogens (tertiary/aromatic N) is 2. The van der Waals surface area contributed by atoms with Crippen molar-refractivity contribution in [1.82, 2.24) is 15.4 Å². The minimum Gasteiger partial charge on any atom is -0.480 e. The van der Waals surface area contributed by atoms with Crippen LogP contribution < -0.4 is 10.6 Å². The molecule has 8 heteroatoms. The van der Waals surface area contributed by atoms with Gasteiger partial charge in [0, 0.05) is 25.7 Å². The van der Waals surface area contributed by atoms with Gasteiger partial charge in [-0.15, -0.1) is 0 Å². The molecule has 1 saturated heterocycles. The predicted molar refractivity (Wildman–Crippen MR) is 65.7 cm³/mol. The lowest BCUT2D eigenvalue weighted by atomic mass is 10.2. The molecule has 1 aliphatic heterocycles. The summed E-state index contributed by atoms with van der Waals surface area (Å²) in [5, 5.41) is 18.3. The van der Waals surface area contributed by atoms with E-state index in [1.54, 1.807) is 17.9 Å². The Bertz CT molecular complexity index is 473. The van der Waals surface area contributed by atoms with Crippen molar-refractivity contribution >= 4 is 17.8 Å². The van der Waals surface area contributed by atoms with Gasteiger partial charge in [0.1, 0.15) is 6.04 Å². The third kappa shape index (κ3) is 3.52. The smallest absolute Gasteiger partial charge is 0.322 e. The van der Waals surface area contributed by atoms with Crippen molar-refractivity contribution in [1.29, 1.82) is 0 Å². The van der Waals surface area contributed by atoms with E-state index in [1.807, 2.05) is 0 Å². The summed E-state index contributed by atoms with van der Waals surface area (Å²) in [6.07, 6.45) is 0. The van der Waals surface area contributed by atoms with Crippen LogP contribution in [0.4, 0.5) is 5.88 Å². The van der Waals surface area contributed by atoms with Crippen LogP contribution in [-0.2, 0) is 9.59 Å². The molecule has 2 heterocycles. The highest BCUT2D eigenvalue weighted by atomic mass is 16.5. The van der Waals surface area contributed by atoms with Crippen LogP contribution in [0.3, 0.4) is 0 Å². The first-order valence-electron chi connectivity index (χ1n) is 5.97. The van der Waals surface area contributed by atoms with Gasteiger partial charge in [-0.05, 0) is 6.92 Å². The van der Waals surface area contributed by atoms with E-state index in [0.29, 0.717) is 25.3 Å². The quantitative estimate of drug-likeness (QED) is 0.661. The van der Waals surface area contributed by atoms with Crippen LogP contribution in [0.1, 0.15) is 5.69 Å². The fraction of sp³-hybridized carbons (Fsp3) is 0.545. The number of amides is 1. The van der Waals surface area contributed by atoms with Crippen molar-refractivity contribution in [2.75, 3.05) is 31.5 Å². The Morgan fingerprint density at radius 2 is 2.47 bits per heavy atom. The molecule has 1 amide bonds. The van der Waals surface area contributed by atoms with Crippen molar-refractivity contribution in [2.45, 2.75) is 13.0 Å². The first-order valence-corrected chi connectivity index (χ1v) is 5.97. The van der Waals surface area contributed by atoms with Crippen LogP contribution in [0, 0.1) is 6.92 Å². The number of piperazine rings is 1. The summed E-state index contributed by atoms with van der Waals surface area (Å²) < 4.78 is 4.87. The van der Waals surface area contributed by atoms with Crippen LogP contribution in [-0.4, -0.2) is 59.3 Å². The van der Waals surface area contributed by atoms with Gasteiger partial charge in [-0.25, -0.2) is 0 Å². The van der Waals surface area contributed by atoms with Crippen LogP contribution in [0.15, 0.2) is 10.6 Å². The molecule has 0 spiro atoms. The van der Waals surface area contributed by atoms with Crippen molar-refractivity contribution in [3.63, 3.8) is 0 Å². The number of carbonyl (C=O) groups is 2. The number of hydrogen-bond donors (Lipinski definition) is 3. The monoisotopic (exact) mass is 268 g/mol. The third-order valence-corrected chi connectivity index (χ3v) is 2.88. The molecule has 1 atom stereocenters. The number of rotatable bonds is 4. The van der Waals surface area contributed by atoms with E-state index in [2.05, 4.69) is 15.8 Å². The maximum absolute atomic E-state index is 11.8. The average Bonchev–Trinajstić information content (AvgIpc) is 2.75. The Balaban J connectivity index is 1.91. The fourth-order valence-electron chi connectivity index (χ4n) is 1.96. The molecule has 1 aromatic heterocycles. The zero-order chi connectivity index (χ0) is 13.8. The molecule has 0 aromatic carbocycles. The molecule has 1 unspecified atom stereocenters. The number of nitrogens with one attached hydrogen (secondary N) is 2. The van der Waals surface area contributed by atoms with Crippen molar-refractivity contribution in [3.05, 3.63) is 11.8 Å². The number of aromatic nitrogens is 1. The summed E-state index contributed by atoms with van der Waals surface area (Å²) in [5.74, 6) is -0.982. The Kier molecular flexibility index (Phi) is 4.13. The van der Waals surface area contributed by atoms with Crippen LogP contribution in [0.5, 0.6) is 0 Å². The first kappa shape index (κ1) is 13.5. The minimum atomic E-state index is -0.935. The first-order chi connectivity index (χ1) is 9.06. The van der Waals surface area contributed by atoms with Gasteiger partial charge in [-0.2, -0.15) is 0 Å². The summed E-state index contributed by atoms with van der Waals surface area (Å²) in [6.45, 7) is 3.27. The number of carbonyl (C=O) groups excluding carboxylic acids is 1. The van der Waals surface area contributed by atoms with Gasteiger partial charge in [0.25, 0.3) is 0 Å². The molecule has 8 nitrogen and oxygen atoms in total. The molecule has 104 valence electrons. The number of aliphatic carboxylic acids is 1. The SMILES string of the molecule is Cc1cc(NC(=O)CN2CCNCC2C(=O)O)on1. The van der Waals surface area contributed by atoms with E-state index in [4.69, 9.17) is 9.63 Å². The zero-order valence-electron chi connectivity index (χ0n) is 10.5. The predicted octanol–water partition coefficient (Wildman–Crippen LogP) is -0.720. The lowest BCUT2D eigenvalue weighted by molar-refractivity contribution is -0.144. The number of carboxylic acids is 1. The summed E-state index contributed by atoms with van der Waals surface area (Å²) in [6, 6.07) is 0.917. The molecular formula is C11H16N4O4. The van der Waals surface area contributed by atoms with Gasteiger partial charge in [0.2, 0.25) is 11.8 Å². The minimum absolute atomic E-state index is 0.0123. The van der Waals surface area contributed by atoms with Gasteiger partial charge in [0.15, 0.2) is 0 Å². The van der Waals surface area contributed by atoms with E-state index in [0.717, 1.165) is 0 Å². The number of aryl methyl sites for hydroxylation is 1. The van der Waals surface area contributed by atoms with Crippen LogP contribution in [0.25, 0.3) is 0 Å². The maximum Gasteiger partial charge on any atom is 0.322 e. The Labute approximate surface area is 109 Å². The third-order valence-electron chi connectivity index (χ3n) is 2.88. The normalized spacial score (nSPS) is 20.2. The number of hydrogen-bond acceptors (Lipinski definition) is 6. The average molecular weight is 268 g/mol. The van der Waals surface area contributed by atoms with Crippen molar-refractivity contribution in [2.24, 2.45) is 0 Å². The van der Waals surface area contributed by atoms with Crippen molar-refractivity contribution in [3.8, 4) is 0 Å². The molecule has 3 N–H and O–H groups in total. The number of carboxylic acid groups (broad SMARTS) is 1. The van der Waals surface area contributed by atoms with Gasteiger partial charge in [-0.1, -0.05) is 5.16 Å². The molecule has 0 aliphatic carbocycles. The highest BCUT2D eigenvalue weighted by Gasteiger charge is 2.29. The summed E-state index contributed by atoms with van der Waals surface area (Å²) in [4.78, 5) is 24.5. The molecule has 19 heavy (non-hydrogen) atoms. The van der Waals surface area contributed by atoms with Crippen LogP contribution in [0.2, 0.25) is 0 Å². The lowest BCUT2D eigenvalue weighted by Gasteiger charge is -2.32. The Hall–Kier alpha value is -1.93. The Morgan fingerprint density at radius 3 is 3.11 bits per heavy atom. The standard InChI is InChI=1S/C11H16N4O4/c1-7-4-10(19-14-7)13-9(16)6-15-3-2-12-5-8(15)11(17)18/h4,8,12H,2-3,5-6H2,1H3,(H,13,16)(H,17,18). The summed E-state index contributed by atoms with van der Waals surface area (Å²) in [7, 11) is 0. The molecule has 1 fully saturated rings. The molecule has 2 rings (SSSR count). The van der Waals surface area contributed by atoms with E-state index in [1.165, 1.54) is 0 Å². The van der Waals surface area contributed by atoms with E-state index in [9.17, 15) is 9.59 Å². The molecular weight excluding hydrogens is 252 g/mol. The van der Waals surface area contributed by atoms with Crippen LogP contribution >= 0.6 is 0 Å². The van der Waals surface area contributed by atoms with Gasteiger partial charge < -0.3 is 14.9 Å². The van der Waals surface area contributed by atoms with Gasteiger partial charge in [0.05, 0.1) is 12.2 Å². The number of anilines is 1. The largest absolute Gasteiger partial charge is 0.480 e. The maximum atomic E-state index is 11.8. The summed E-state index contributed by atoms with van der Waals surface area (Å²) in [5.41, 5.74) is 0.667. The second-order valence-corrected chi connectivity index (χ2v) is 4.41. The topological polar surface area (TPSA) is 108 Å². The van der Waals surface area contributed by atoms with Gasteiger partial charge >= 0.3 is 5.97 Å². The van der Waals surface area contributed by atoms with Crippen molar-refractivity contribution < 1.29 is 19.2 Å². The second kappa shape index (κ2) is 5.81. The summed E-state index contributed by atoms with van der Waals surface area (Å²) >= 11 is 0. The Morgan fingerprint density at radius 1 is 1.68 bits per heavy atom. The fourth-order valence-corrected chi connectivity index (χ4v) is 1.96. The van der Waals surface area contributed by atoms with E-state index < -0.39 is 12.0 Å². The molecule has 1 aliphatic rings. The second-order valence-electron chi connectivity index (χ2n) is 4.41. The van der Waals surface area contributed by atoms with Gasteiger partial charge in [-0.3, -0.25) is 19.8 Å². The highest BCUT2D eigenvalue weighted by molar-refractivity contribution is 5.91. The molecule has 0 radical (unpaired) electrons. The molecule has 0 saturated carbocycles. The zero-order valence-corrected chi connectivity index (χ0v) is 10.5. The molecule has 0 bridgehead atoms. The lowest BCUT2D eigenvalue weighted by Crippen LogP contribution is -2.56.